The highest BCUT2D eigenvalue weighted by atomic mass is 127. The summed E-state index contributed by atoms with van der Waals surface area (Å²) in [6.45, 7) is 1.93. The summed E-state index contributed by atoms with van der Waals surface area (Å²) in [5.41, 5.74) is 12.8. The average molecular weight is 473 g/mol. The molecule has 2 aromatic rings. The molecule has 1 aliphatic carbocycles. The van der Waals surface area contributed by atoms with Crippen LogP contribution >= 0.6 is 34.1 Å². The normalized spacial score (nSPS) is 20.3. The number of carbonyl (C=O) groups is 1. The molecule has 0 aromatic carbocycles. The number of nitrogens with two attached hydrogens (primary N) is 2. The Bertz CT molecular complexity index is 781. The monoisotopic (exact) mass is 473 g/mol. The minimum absolute atomic E-state index is 0.0784. The molecule has 0 spiro atoms. The highest BCUT2D eigenvalue weighted by Crippen LogP contribution is 2.30. The lowest BCUT2D eigenvalue weighted by Gasteiger charge is -2.29. The lowest BCUT2D eigenvalue weighted by atomic mass is 9.91. The van der Waals surface area contributed by atoms with Gasteiger partial charge in [-0.25, -0.2) is 4.98 Å². The fraction of sp³-hybridized carbons (Fsp3) is 0.467. The van der Waals surface area contributed by atoms with Gasteiger partial charge < -0.3 is 22.1 Å². The Hall–Kier alpha value is -1.53. The molecule has 1 amide bonds. The van der Waals surface area contributed by atoms with E-state index in [0.29, 0.717) is 11.8 Å². The molecule has 0 saturated heterocycles. The van der Waals surface area contributed by atoms with Crippen LogP contribution < -0.4 is 22.1 Å². The van der Waals surface area contributed by atoms with Gasteiger partial charge in [0.15, 0.2) is 0 Å². The first-order chi connectivity index (χ1) is 12.0. The SMILES string of the molecule is Cc1nsc(Nc2nc(N[C@@H]3CCCC[C@@H]3N)ncc2C(N)=O)c1I. The summed E-state index contributed by atoms with van der Waals surface area (Å²) >= 11 is 3.52. The molecule has 1 aliphatic rings. The average Bonchev–Trinajstić information content (AvgIpc) is 2.89. The van der Waals surface area contributed by atoms with Crippen molar-refractivity contribution in [3.8, 4) is 0 Å². The van der Waals surface area contributed by atoms with Gasteiger partial charge in [-0.05, 0) is 53.9 Å². The van der Waals surface area contributed by atoms with Crippen molar-refractivity contribution in [2.75, 3.05) is 10.6 Å². The van der Waals surface area contributed by atoms with Crippen LogP contribution in [0.15, 0.2) is 6.20 Å². The van der Waals surface area contributed by atoms with Crippen LogP contribution in [0.3, 0.4) is 0 Å². The van der Waals surface area contributed by atoms with Crippen molar-refractivity contribution in [3.05, 3.63) is 21.0 Å². The van der Waals surface area contributed by atoms with E-state index in [9.17, 15) is 4.79 Å². The summed E-state index contributed by atoms with van der Waals surface area (Å²) in [5.74, 6) is 0.224. The maximum atomic E-state index is 11.7. The van der Waals surface area contributed by atoms with Gasteiger partial charge in [0.25, 0.3) is 5.91 Å². The predicted molar refractivity (Wildman–Crippen MR) is 107 cm³/mol. The fourth-order valence-corrected chi connectivity index (χ4v) is 4.18. The molecule has 6 N–H and O–H groups in total. The molecule has 8 nitrogen and oxygen atoms in total. The first-order valence-electron chi connectivity index (χ1n) is 8.03. The van der Waals surface area contributed by atoms with Gasteiger partial charge in [0, 0.05) is 18.3 Å². The highest BCUT2D eigenvalue weighted by Gasteiger charge is 2.23. The molecule has 0 unspecified atom stereocenters. The third kappa shape index (κ3) is 4.18. The van der Waals surface area contributed by atoms with Crippen molar-refractivity contribution in [1.82, 2.24) is 14.3 Å². The molecule has 0 bridgehead atoms. The molecule has 25 heavy (non-hydrogen) atoms. The largest absolute Gasteiger partial charge is 0.365 e. The van der Waals surface area contributed by atoms with Crippen LogP contribution in [-0.4, -0.2) is 32.3 Å². The van der Waals surface area contributed by atoms with Crippen molar-refractivity contribution in [2.24, 2.45) is 11.5 Å². The highest BCUT2D eigenvalue weighted by molar-refractivity contribution is 14.1. The third-order valence-corrected chi connectivity index (χ3v) is 6.75. The van der Waals surface area contributed by atoms with Crippen molar-refractivity contribution in [1.29, 1.82) is 0 Å². The van der Waals surface area contributed by atoms with E-state index in [1.165, 1.54) is 17.7 Å². The number of rotatable bonds is 5. The van der Waals surface area contributed by atoms with Crippen LogP contribution in [-0.2, 0) is 0 Å². The summed E-state index contributed by atoms with van der Waals surface area (Å²) in [4.78, 5) is 20.4. The Labute approximate surface area is 163 Å². The number of aromatic nitrogens is 3. The summed E-state index contributed by atoms with van der Waals surface area (Å²) in [7, 11) is 0. The van der Waals surface area contributed by atoms with E-state index in [0.717, 1.165) is 39.9 Å². The fourth-order valence-electron chi connectivity index (χ4n) is 2.78. The Morgan fingerprint density at radius 3 is 2.80 bits per heavy atom. The number of aryl methyl sites for hydroxylation is 1. The summed E-state index contributed by atoms with van der Waals surface area (Å²) in [5, 5.41) is 7.27. The molecular formula is C15H20IN7OS. The molecular weight excluding hydrogens is 453 g/mol. The summed E-state index contributed by atoms with van der Waals surface area (Å²) < 4.78 is 5.28. The van der Waals surface area contributed by atoms with Gasteiger partial charge in [0.2, 0.25) is 5.95 Å². The van der Waals surface area contributed by atoms with Crippen LogP contribution in [0.2, 0.25) is 0 Å². The van der Waals surface area contributed by atoms with Gasteiger partial charge in [-0.2, -0.15) is 9.36 Å². The van der Waals surface area contributed by atoms with Crippen molar-refractivity contribution in [2.45, 2.75) is 44.7 Å². The first-order valence-corrected chi connectivity index (χ1v) is 9.88. The Morgan fingerprint density at radius 2 is 2.16 bits per heavy atom. The number of nitrogens with one attached hydrogen (secondary N) is 2. The van der Waals surface area contributed by atoms with Crippen molar-refractivity contribution in [3.63, 3.8) is 0 Å². The number of anilines is 3. The van der Waals surface area contributed by atoms with E-state index in [1.807, 2.05) is 6.92 Å². The van der Waals surface area contributed by atoms with Crippen LogP contribution in [0.25, 0.3) is 0 Å². The Balaban J connectivity index is 1.86. The molecule has 1 fully saturated rings. The van der Waals surface area contributed by atoms with Gasteiger partial charge in [-0.3, -0.25) is 4.79 Å². The van der Waals surface area contributed by atoms with Crippen molar-refractivity contribution < 1.29 is 4.79 Å². The van der Waals surface area contributed by atoms with E-state index < -0.39 is 5.91 Å². The molecule has 10 heteroatoms. The maximum absolute atomic E-state index is 11.7. The number of carbonyl (C=O) groups excluding carboxylic acids is 1. The van der Waals surface area contributed by atoms with Gasteiger partial charge in [0.1, 0.15) is 16.4 Å². The second kappa shape index (κ2) is 7.79. The lowest BCUT2D eigenvalue weighted by Crippen LogP contribution is -2.43. The van der Waals surface area contributed by atoms with Gasteiger partial charge in [-0.15, -0.1) is 0 Å². The molecule has 2 aromatic heterocycles. The Kier molecular flexibility index (Phi) is 5.69. The smallest absolute Gasteiger partial charge is 0.254 e. The van der Waals surface area contributed by atoms with E-state index >= 15 is 0 Å². The second-order valence-electron chi connectivity index (χ2n) is 6.06. The lowest BCUT2D eigenvalue weighted by molar-refractivity contribution is 0.100. The van der Waals surface area contributed by atoms with Crippen LogP contribution in [0.5, 0.6) is 0 Å². The number of hydrogen-bond donors (Lipinski definition) is 4. The van der Waals surface area contributed by atoms with Gasteiger partial charge in [-0.1, -0.05) is 12.8 Å². The number of nitrogens with zero attached hydrogens (tertiary/aromatic N) is 3. The van der Waals surface area contributed by atoms with E-state index in [4.69, 9.17) is 11.5 Å². The third-order valence-electron chi connectivity index (χ3n) is 4.21. The van der Waals surface area contributed by atoms with Crippen LogP contribution in [0, 0.1) is 10.5 Å². The minimum Gasteiger partial charge on any atom is -0.365 e. The first kappa shape index (κ1) is 18.3. The molecule has 0 aliphatic heterocycles. The van der Waals surface area contributed by atoms with Crippen LogP contribution in [0.4, 0.5) is 16.8 Å². The van der Waals surface area contributed by atoms with E-state index in [2.05, 4.69) is 47.6 Å². The number of halogens is 1. The van der Waals surface area contributed by atoms with E-state index in [-0.39, 0.29) is 17.6 Å². The van der Waals surface area contributed by atoms with Crippen LogP contribution in [0.1, 0.15) is 41.7 Å². The number of amides is 1. The van der Waals surface area contributed by atoms with Crippen molar-refractivity contribution >= 4 is 56.8 Å². The molecule has 134 valence electrons. The standard InChI is InChI=1S/C15H20IN7OS/c1-7-11(16)14(25-23-7)21-13-8(12(18)24)6-19-15(22-13)20-10-5-3-2-4-9(10)17/h6,9-10H,2-5,17H2,1H3,(H2,18,24)(H2,19,20,21,22)/t9-,10+/m0/s1. The Morgan fingerprint density at radius 1 is 1.40 bits per heavy atom. The second-order valence-corrected chi connectivity index (χ2v) is 7.91. The molecule has 2 heterocycles. The quantitative estimate of drug-likeness (QED) is 0.491. The van der Waals surface area contributed by atoms with E-state index in [1.54, 1.807) is 0 Å². The molecule has 2 atom stereocenters. The zero-order chi connectivity index (χ0) is 18.0. The number of primary amides is 1. The number of hydrogen-bond acceptors (Lipinski definition) is 8. The van der Waals surface area contributed by atoms with Gasteiger partial charge >= 0.3 is 0 Å². The maximum Gasteiger partial charge on any atom is 0.254 e. The van der Waals surface area contributed by atoms with Gasteiger partial charge in [0.05, 0.1) is 9.26 Å². The summed E-state index contributed by atoms with van der Waals surface area (Å²) in [6, 6.07) is 0.210. The minimum atomic E-state index is -0.584. The zero-order valence-electron chi connectivity index (χ0n) is 13.8. The topological polar surface area (TPSA) is 132 Å². The molecule has 1 saturated carbocycles. The molecule has 3 rings (SSSR count). The molecule has 0 radical (unpaired) electrons. The predicted octanol–water partition coefficient (Wildman–Crippen LogP) is 2.37. The zero-order valence-corrected chi connectivity index (χ0v) is 16.7. The summed E-state index contributed by atoms with van der Waals surface area (Å²) in [6.07, 6.45) is 5.69.